The number of para-hydroxylation sites is 1. The predicted octanol–water partition coefficient (Wildman–Crippen LogP) is 7.53. The van der Waals surface area contributed by atoms with Crippen LogP contribution in [0.4, 0.5) is 14.9 Å². The number of hydrogen-bond acceptors (Lipinski definition) is 3. The summed E-state index contributed by atoms with van der Waals surface area (Å²) in [5, 5.41) is 3.36. The van der Waals surface area contributed by atoms with E-state index in [9.17, 15) is 9.18 Å². The average molecular weight is 455 g/mol. The Hall–Kier alpha value is -2.56. The average Bonchev–Trinajstić information content (AvgIpc) is 2.77. The molecule has 0 aromatic heterocycles. The topological polar surface area (TPSA) is 41.6 Å². The van der Waals surface area contributed by atoms with E-state index in [1.165, 1.54) is 38.2 Å². The Morgan fingerprint density at radius 3 is 2.36 bits per heavy atom. The van der Waals surface area contributed by atoms with Gasteiger partial charge in [0.2, 0.25) is 0 Å². The van der Waals surface area contributed by atoms with Crippen molar-refractivity contribution in [2.24, 2.45) is 5.92 Å². The van der Waals surface area contributed by atoms with Crippen molar-refractivity contribution in [1.29, 1.82) is 0 Å². The van der Waals surface area contributed by atoms with Crippen LogP contribution in [0.25, 0.3) is 0 Å². The van der Waals surface area contributed by atoms with Crippen LogP contribution in [0, 0.1) is 11.7 Å². The fourth-order valence-corrected chi connectivity index (χ4v) is 4.60. The van der Waals surface area contributed by atoms with Gasteiger partial charge in [0.05, 0.1) is 6.54 Å². The normalized spacial score (nSPS) is 15.7. The van der Waals surface area contributed by atoms with Gasteiger partial charge in [-0.1, -0.05) is 68.5 Å². The minimum atomic E-state index is -0.553. The summed E-state index contributed by atoms with van der Waals surface area (Å²) in [5.41, 5.74) is 1.96. The Morgan fingerprint density at radius 2 is 1.70 bits per heavy atom. The molecule has 1 aliphatic rings. The molecule has 1 fully saturated rings. The maximum absolute atomic E-state index is 14.1. The van der Waals surface area contributed by atoms with Crippen molar-refractivity contribution < 1.29 is 13.9 Å². The molecule has 1 unspecified atom stereocenters. The Labute approximate surface area is 198 Å². The third-order valence-corrected chi connectivity index (χ3v) is 6.34. The third-order valence-electron chi connectivity index (χ3n) is 6.34. The molecule has 0 aliphatic heterocycles. The van der Waals surface area contributed by atoms with Gasteiger partial charge >= 0.3 is 6.09 Å². The van der Waals surface area contributed by atoms with Gasteiger partial charge in [-0.05, 0) is 57.7 Å². The fourth-order valence-electron chi connectivity index (χ4n) is 4.60. The molecule has 2 aromatic carbocycles. The summed E-state index contributed by atoms with van der Waals surface area (Å²) in [4.78, 5) is 15.1. The number of nitrogens with zero attached hydrogens (tertiary/aromatic N) is 1. The Balaban J connectivity index is 1.76. The third kappa shape index (κ3) is 7.76. The number of nitrogens with one attached hydrogen (secondary N) is 1. The highest BCUT2D eigenvalue weighted by molar-refractivity contribution is 5.69. The van der Waals surface area contributed by atoms with Crippen molar-refractivity contribution in [2.75, 3.05) is 5.32 Å². The molecule has 1 N–H and O–H groups in total. The van der Waals surface area contributed by atoms with Crippen LogP contribution in [0.15, 0.2) is 48.5 Å². The lowest BCUT2D eigenvalue weighted by Gasteiger charge is -2.35. The summed E-state index contributed by atoms with van der Waals surface area (Å²) in [5.74, 6) is 0.437. The van der Waals surface area contributed by atoms with Crippen molar-refractivity contribution in [3.63, 3.8) is 0 Å². The van der Waals surface area contributed by atoms with Gasteiger partial charge in [-0.15, -0.1) is 0 Å². The van der Waals surface area contributed by atoms with Gasteiger partial charge in [0.25, 0.3) is 0 Å². The first-order valence-electron chi connectivity index (χ1n) is 12.3. The molecule has 4 nitrogen and oxygen atoms in total. The summed E-state index contributed by atoms with van der Waals surface area (Å²) in [6.07, 6.45) is 7.08. The Morgan fingerprint density at radius 1 is 1.06 bits per heavy atom. The summed E-state index contributed by atoms with van der Waals surface area (Å²) < 4.78 is 19.9. The van der Waals surface area contributed by atoms with Crippen LogP contribution >= 0.6 is 0 Å². The SMILES string of the molecule is CC(CC1CCCCC1)N(Cc1ccccc1NCc1ccccc1F)C(=O)OC(C)(C)C. The fraction of sp³-hybridized carbons (Fsp3) is 0.536. The zero-order valence-corrected chi connectivity index (χ0v) is 20.6. The van der Waals surface area contributed by atoms with Crippen molar-refractivity contribution >= 4 is 11.8 Å². The Bertz CT molecular complexity index is 903. The van der Waals surface area contributed by atoms with Gasteiger partial charge in [-0.2, -0.15) is 0 Å². The minimum absolute atomic E-state index is 0.0718. The van der Waals surface area contributed by atoms with Crippen LogP contribution in [0.2, 0.25) is 0 Å². The molecule has 5 heteroatoms. The van der Waals surface area contributed by atoms with E-state index in [4.69, 9.17) is 4.74 Å². The van der Waals surface area contributed by atoms with E-state index in [-0.39, 0.29) is 18.0 Å². The van der Waals surface area contributed by atoms with E-state index in [0.717, 1.165) is 17.7 Å². The number of hydrogen-bond donors (Lipinski definition) is 1. The quantitative estimate of drug-likeness (QED) is 0.448. The number of anilines is 1. The maximum Gasteiger partial charge on any atom is 0.410 e. The number of halogens is 1. The van der Waals surface area contributed by atoms with E-state index < -0.39 is 5.60 Å². The molecule has 1 aliphatic carbocycles. The van der Waals surface area contributed by atoms with Crippen molar-refractivity contribution in [2.45, 2.75) is 91.0 Å². The highest BCUT2D eigenvalue weighted by Crippen LogP contribution is 2.30. The van der Waals surface area contributed by atoms with Gasteiger partial charge < -0.3 is 15.0 Å². The molecule has 0 spiro atoms. The number of carbonyl (C=O) groups excluding carboxylic acids is 1. The molecule has 180 valence electrons. The number of rotatable bonds is 8. The number of carbonyl (C=O) groups is 1. The second kappa shape index (κ2) is 11.5. The van der Waals surface area contributed by atoms with Gasteiger partial charge in [0.15, 0.2) is 0 Å². The van der Waals surface area contributed by atoms with Gasteiger partial charge in [-0.25, -0.2) is 9.18 Å². The van der Waals surface area contributed by atoms with Crippen LogP contribution in [-0.2, 0) is 17.8 Å². The summed E-state index contributed by atoms with van der Waals surface area (Å²) in [6, 6.07) is 14.8. The smallest absolute Gasteiger partial charge is 0.410 e. The molecular weight excluding hydrogens is 415 g/mol. The molecule has 1 saturated carbocycles. The van der Waals surface area contributed by atoms with Crippen molar-refractivity contribution in [3.05, 3.63) is 65.5 Å². The van der Waals surface area contributed by atoms with E-state index in [1.807, 2.05) is 56.0 Å². The van der Waals surface area contributed by atoms with E-state index in [1.54, 1.807) is 12.1 Å². The highest BCUT2D eigenvalue weighted by atomic mass is 19.1. The number of ether oxygens (including phenoxy) is 1. The summed E-state index contributed by atoms with van der Waals surface area (Å²) in [6.45, 7) is 8.67. The standard InChI is InChI=1S/C28H39FN2O2/c1-21(18-22-12-6-5-7-13-22)31(27(32)33-28(2,3)4)20-24-15-9-11-17-26(24)30-19-23-14-8-10-16-25(23)29/h8-11,14-17,21-22,30H,5-7,12-13,18-20H2,1-4H3. The largest absolute Gasteiger partial charge is 0.444 e. The summed E-state index contributed by atoms with van der Waals surface area (Å²) >= 11 is 0. The van der Waals surface area contributed by atoms with E-state index >= 15 is 0 Å². The number of benzene rings is 2. The summed E-state index contributed by atoms with van der Waals surface area (Å²) in [7, 11) is 0. The molecule has 33 heavy (non-hydrogen) atoms. The first-order chi connectivity index (χ1) is 15.7. The van der Waals surface area contributed by atoms with Gasteiger partial charge in [0, 0.05) is 23.8 Å². The van der Waals surface area contributed by atoms with Crippen LogP contribution in [-0.4, -0.2) is 22.6 Å². The Kier molecular flexibility index (Phi) is 8.76. The predicted molar refractivity (Wildman–Crippen MR) is 133 cm³/mol. The zero-order valence-electron chi connectivity index (χ0n) is 20.6. The molecule has 0 saturated heterocycles. The molecule has 1 atom stereocenters. The van der Waals surface area contributed by atoms with Crippen molar-refractivity contribution in [3.8, 4) is 0 Å². The minimum Gasteiger partial charge on any atom is -0.444 e. The monoisotopic (exact) mass is 454 g/mol. The van der Waals surface area contributed by atoms with E-state index in [0.29, 0.717) is 24.6 Å². The van der Waals surface area contributed by atoms with Crippen LogP contribution in [0.1, 0.15) is 77.3 Å². The van der Waals surface area contributed by atoms with E-state index in [2.05, 4.69) is 12.2 Å². The lowest BCUT2D eigenvalue weighted by molar-refractivity contribution is 0.0128. The maximum atomic E-state index is 14.1. The molecule has 0 heterocycles. The molecule has 1 amide bonds. The van der Waals surface area contributed by atoms with Gasteiger partial charge in [0.1, 0.15) is 11.4 Å². The molecule has 0 bridgehead atoms. The zero-order chi connectivity index (χ0) is 23.8. The van der Waals surface area contributed by atoms with Gasteiger partial charge in [-0.3, -0.25) is 0 Å². The van der Waals surface area contributed by atoms with Crippen LogP contribution < -0.4 is 5.32 Å². The van der Waals surface area contributed by atoms with Crippen LogP contribution in [0.3, 0.4) is 0 Å². The first kappa shape index (κ1) is 25.1. The van der Waals surface area contributed by atoms with Crippen molar-refractivity contribution in [1.82, 2.24) is 4.90 Å². The van der Waals surface area contributed by atoms with Crippen LogP contribution in [0.5, 0.6) is 0 Å². The first-order valence-corrected chi connectivity index (χ1v) is 12.3. The second-order valence-corrected chi connectivity index (χ2v) is 10.3. The second-order valence-electron chi connectivity index (χ2n) is 10.3. The highest BCUT2D eigenvalue weighted by Gasteiger charge is 2.29. The molecule has 0 radical (unpaired) electrons. The molecular formula is C28H39FN2O2. The molecule has 3 rings (SSSR count). The number of amides is 1. The lowest BCUT2D eigenvalue weighted by Crippen LogP contribution is -2.42. The molecule has 2 aromatic rings. The lowest BCUT2D eigenvalue weighted by atomic mass is 9.85.